The first kappa shape index (κ1) is 14.1. The molecule has 0 unspecified atom stereocenters. The third-order valence-corrected chi connectivity index (χ3v) is 3.63. The number of hydrogen-bond acceptors (Lipinski definition) is 3. The third kappa shape index (κ3) is 2.93. The molecule has 1 N–H and O–H groups in total. The van der Waals surface area contributed by atoms with Crippen molar-refractivity contribution in [1.82, 2.24) is 15.3 Å². The SMILES string of the molecule is CCCc1nc(-c2cc(F)cc(F)c2)nc2c1CCNC2. The van der Waals surface area contributed by atoms with Gasteiger partial charge in [0, 0.05) is 23.9 Å². The second-order valence-corrected chi connectivity index (χ2v) is 5.25. The minimum atomic E-state index is -0.610. The Bertz CT molecular complexity index is 651. The molecule has 5 heteroatoms. The molecule has 1 aromatic carbocycles. The van der Waals surface area contributed by atoms with Gasteiger partial charge in [0.2, 0.25) is 0 Å². The second-order valence-electron chi connectivity index (χ2n) is 5.25. The maximum Gasteiger partial charge on any atom is 0.159 e. The molecular weight excluding hydrogens is 272 g/mol. The molecule has 2 heterocycles. The van der Waals surface area contributed by atoms with E-state index in [-0.39, 0.29) is 0 Å². The number of benzene rings is 1. The lowest BCUT2D eigenvalue weighted by Gasteiger charge is -2.20. The summed E-state index contributed by atoms with van der Waals surface area (Å²) in [6, 6.07) is 3.41. The molecule has 0 aliphatic carbocycles. The highest BCUT2D eigenvalue weighted by Gasteiger charge is 2.18. The molecule has 3 rings (SSSR count). The van der Waals surface area contributed by atoms with Crippen LogP contribution in [-0.2, 0) is 19.4 Å². The highest BCUT2D eigenvalue weighted by molar-refractivity contribution is 5.56. The minimum absolute atomic E-state index is 0.387. The predicted molar refractivity (Wildman–Crippen MR) is 76.8 cm³/mol. The van der Waals surface area contributed by atoms with Crippen molar-refractivity contribution in [2.24, 2.45) is 0 Å². The van der Waals surface area contributed by atoms with Crippen LogP contribution in [0.4, 0.5) is 8.78 Å². The fourth-order valence-electron chi connectivity index (χ4n) is 2.69. The number of nitrogens with one attached hydrogen (secondary N) is 1. The number of rotatable bonds is 3. The molecule has 0 atom stereocenters. The van der Waals surface area contributed by atoms with E-state index in [1.165, 1.54) is 17.7 Å². The van der Waals surface area contributed by atoms with Gasteiger partial charge in [-0.2, -0.15) is 0 Å². The van der Waals surface area contributed by atoms with E-state index in [9.17, 15) is 8.78 Å². The number of hydrogen-bond donors (Lipinski definition) is 1. The molecule has 21 heavy (non-hydrogen) atoms. The van der Waals surface area contributed by atoms with Crippen molar-refractivity contribution in [3.8, 4) is 11.4 Å². The Kier molecular flexibility index (Phi) is 3.92. The first-order chi connectivity index (χ1) is 10.2. The van der Waals surface area contributed by atoms with E-state index in [1.54, 1.807) is 0 Å². The van der Waals surface area contributed by atoms with Gasteiger partial charge in [-0.15, -0.1) is 0 Å². The van der Waals surface area contributed by atoms with E-state index in [2.05, 4.69) is 22.2 Å². The summed E-state index contributed by atoms with van der Waals surface area (Å²) in [6.45, 7) is 3.69. The van der Waals surface area contributed by atoms with Crippen molar-refractivity contribution < 1.29 is 8.78 Å². The number of halogens is 2. The summed E-state index contributed by atoms with van der Waals surface area (Å²) < 4.78 is 26.8. The van der Waals surface area contributed by atoms with Crippen molar-refractivity contribution in [1.29, 1.82) is 0 Å². The van der Waals surface area contributed by atoms with Gasteiger partial charge in [-0.1, -0.05) is 13.3 Å². The van der Waals surface area contributed by atoms with Crippen molar-refractivity contribution in [3.05, 3.63) is 46.8 Å². The molecule has 2 aromatic rings. The van der Waals surface area contributed by atoms with Crippen LogP contribution in [-0.4, -0.2) is 16.5 Å². The van der Waals surface area contributed by atoms with E-state index >= 15 is 0 Å². The van der Waals surface area contributed by atoms with Gasteiger partial charge in [0.25, 0.3) is 0 Å². The molecule has 0 bridgehead atoms. The summed E-state index contributed by atoms with van der Waals surface area (Å²) in [5.41, 5.74) is 3.53. The Labute approximate surface area is 122 Å². The molecule has 0 spiro atoms. The summed E-state index contributed by atoms with van der Waals surface area (Å²) in [4.78, 5) is 9.06. The van der Waals surface area contributed by atoms with Crippen LogP contribution >= 0.6 is 0 Å². The number of aromatic nitrogens is 2. The summed E-state index contributed by atoms with van der Waals surface area (Å²) in [5.74, 6) is -0.817. The first-order valence-electron chi connectivity index (χ1n) is 7.23. The molecule has 0 saturated heterocycles. The summed E-state index contributed by atoms with van der Waals surface area (Å²) in [5, 5.41) is 3.27. The lowest BCUT2D eigenvalue weighted by atomic mass is 10.0. The van der Waals surface area contributed by atoms with E-state index in [0.29, 0.717) is 17.9 Å². The van der Waals surface area contributed by atoms with Gasteiger partial charge < -0.3 is 5.32 Å². The quantitative estimate of drug-likeness (QED) is 0.944. The lowest BCUT2D eigenvalue weighted by molar-refractivity contribution is 0.583. The zero-order valence-corrected chi connectivity index (χ0v) is 11.9. The van der Waals surface area contributed by atoms with Gasteiger partial charge in [-0.05, 0) is 37.1 Å². The zero-order chi connectivity index (χ0) is 14.8. The Morgan fingerprint density at radius 3 is 2.62 bits per heavy atom. The molecule has 0 radical (unpaired) electrons. The molecule has 1 aliphatic heterocycles. The van der Waals surface area contributed by atoms with Crippen LogP contribution in [0.25, 0.3) is 11.4 Å². The number of fused-ring (bicyclic) bond motifs is 1. The highest BCUT2D eigenvalue weighted by atomic mass is 19.1. The fraction of sp³-hybridized carbons (Fsp3) is 0.375. The van der Waals surface area contributed by atoms with Crippen LogP contribution in [0.1, 0.15) is 30.3 Å². The van der Waals surface area contributed by atoms with Gasteiger partial charge in [0.1, 0.15) is 11.6 Å². The van der Waals surface area contributed by atoms with Crippen molar-refractivity contribution >= 4 is 0 Å². The first-order valence-corrected chi connectivity index (χ1v) is 7.23. The van der Waals surface area contributed by atoms with E-state index in [4.69, 9.17) is 0 Å². The van der Waals surface area contributed by atoms with Crippen molar-refractivity contribution in [2.75, 3.05) is 6.54 Å². The average molecular weight is 289 g/mol. The van der Waals surface area contributed by atoms with Crippen LogP contribution < -0.4 is 5.32 Å². The normalized spacial score (nSPS) is 14.0. The number of aryl methyl sites for hydroxylation is 1. The zero-order valence-electron chi connectivity index (χ0n) is 11.9. The standard InChI is InChI=1S/C16H17F2N3/c1-2-3-14-13-4-5-19-9-15(13)21-16(20-14)10-6-11(17)8-12(18)7-10/h6-8,19H,2-5,9H2,1H3. The average Bonchev–Trinajstić information content (AvgIpc) is 2.46. The Balaban J connectivity index is 2.12. The highest BCUT2D eigenvalue weighted by Crippen LogP contribution is 2.23. The number of nitrogens with zero attached hydrogens (tertiary/aromatic N) is 2. The maximum atomic E-state index is 13.4. The largest absolute Gasteiger partial charge is 0.311 e. The van der Waals surface area contributed by atoms with Gasteiger partial charge in [0.05, 0.1) is 5.69 Å². The van der Waals surface area contributed by atoms with E-state index in [1.807, 2.05) is 0 Å². The smallest absolute Gasteiger partial charge is 0.159 e. The monoisotopic (exact) mass is 289 g/mol. The van der Waals surface area contributed by atoms with Crippen LogP contribution in [0.5, 0.6) is 0 Å². The molecule has 1 aromatic heterocycles. The molecule has 0 fully saturated rings. The second kappa shape index (κ2) is 5.85. The topological polar surface area (TPSA) is 37.8 Å². The lowest BCUT2D eigenvalue weighted by Crippen LogP contribution is -2.26. The van der Waals surface area contributed by atoms with E-state index < -0.39 is 11.6 Å². The molecule has 1 aliphatic rings. The Morgan fingerprint density at radius 2 is 1.90 bits per heavy atom. The maximum absolute atomic E-state index is 13.4. The fourth-order valence-corrected chi connectivity index (χ4v) is 2.69. The summed E-state index contributed by atoms with van der Waals surface area (Å²) in [6.07, 6.45) is 2.74. The molecular formula is C16H17F2N3. The van der Waals surface area contributed by atoms with Gasteiger partial charge in [-0.3, -0.25) is 0 Å². The molecule has 3 nitrogen and oxygen atoms in total. The summed E-state index contributed by atoms with van der Waals surface area (Å²) in [7, 11) is 0. The van der Waals surface area contributed by atoms with Gasteiger partial charge >= 0.3 is 0 Å². The van der Waals surface area contributed by atoms with Crippen LogP contribution in [0.2, 0.25) is 0 Å². The molecule has 0 amide bonds. The Morgan fingerprint density at radius 1 is 1.14 bits per heavy atom. The van der Waals surface area contributed by atoms with Crippen LogP contribution in [0.15, 0.2) is 18.2 Å². The third-order valence-electron chi connectivity index (χ3n) is 3.63. The van der Waals surface area contributed by atoms with Crippen molar-refractivity contribution in [3.63, 3.8) is 0 Å². The van der Waals surface area contributed by atoms with Crippen molar-refractivity contribution in [2.45, 2.75) is 32.7 Å². The van der Waals surface area contributed by atoms with E-state index in [0.717, 1.165) is 43.3 Å². The predicted octanol–water partition coefficient (Wildman–Crippen LogP) is 3.02. The minimum Gasteiger partial charge on any atom is -0.311 e. The van der Waals surface area contributed by atoms with Crippen LogP contribution in [0.3, 0.4) is 0 Å². The summed E-state index contributed by atoms with van der Waals surface area (Å²) >= 11 is 0. The van der Waals surface area contributed by atoms with Gasteiger partial charge in [0.15, 0.2) is 5.82 Å². The molecule has 110 valence electrons. The Hall–Kier alpha value is -1.88. The van der Waals surface area contributed by atoms with Crippen LogP contribution in [0, 0.1) is 11.6 Å². The molecule has 0 saturated carbocycles. The van der Waals surface area contributed by atoms with Gasteiger partial charge in [-0.25, -0.2) is 18.7 Å².